The first-order valence-electron chi connectivity index (χ1n) is 6.74. The summed E-state index contributed by atoms with van der Waals surface area (Å²) in [5.74, 6) is 0. The van der Waals surface area contributed by atoms with Gasteiger partial charge < -0.3 is 0 Å². The van der Waals surface area contributed by atoms with Gasteiger partial charge in [0.25, 0.3) is 0 Å². The Morgan fingerprint density at radius 2 is 1.29 bits per heavy atom. The molecule has 0 bridgehead atoms. The van der Waals surface area contributed by atoms with Crippen LogP contribution in [-0.4, -0.2) is 0 Å². The molecule has 0 unspecified atom stereocenters. The van der Waals surface area contributed by atoms with Gasteiger partial charge in [-0.15, -0.1) is 0 Å². The van der Waals surface area contributed by atoms with Crippen LogP contribution in [0.15, 0.2) is 0 Å². The average molecular weight is 198 g/mol. The molecule has 86 valence electrons. The van der Waals surface area contributed by atoms with Gasteiger partial charge in [0, 0.05) is 0 Å². The molecule has 0 saturated carbocycles. The largest absolute Gasteiger partial charge is 0.0654 e. The quantitative estimate of drug-likeness (QED) is 0.425. The Bertz CT molecular complexity index is 111. The van der Waals surface area contributed by atoms with Gasteiger partial charge in [-0.25, -0.2) is 0 Å². The first-order valence-corrected chi connectivity index (χ1v) is 6.74. The maximum Gasteiger partial charge on any atom is -0.0303 e. The molecule has 0 aliphatic heterocycles. The zero-order chi connectivity index (χ0) is 10.9. The molecule has 0 radical (unpaired) electrons. The number of hydrogen-bond acceptors (Lipinski definition) is 0. The van der Waals surface area contributed by atoms with Crippen LogP contribution in [-0.2, 0) is 0 Å². The summed E-state index contributed by atoms with van der Waals surface area (Å²) in [4.78, 5) is 0. The molecule has 0 aromatic rings. The highest BCUT2D eigenvalue weighted by atomic mass is 14.3. The van der Waals surface area contributed by atoms with Gasteiger partial charge >= 0.3 is 0 Å². The maximum absolute atomic E-state index is 2.37. The van der Waals surface area contributed by atoms with Gasteiger partial charge in [0.1, 0.15) is 0 Å². The monoisotopic (exact) mass is 198 g/mol. The van der Waals surface area contributed by atoms with E-state index in [0.29, 0.717) is 5.41 Å². The summed E-state index contributed by atoms with van der Waals surface area (Å²) in [6.07, 6.45) is 12.7. The lowest BCUT2D eigenvalue weighted by Gasteiger charge is -2.31. The first-order chi connectivity index (χ1) is 6.74. The highest BCUT2D eigenvalue weighted by Crippen LogP contribution is 2.37. The Morgan fingerprint density at radius 1 is 0.643 bits per heavy atom. The van der Waals surface area contributed by atoms with Crippen LogP contribution in [0.4, 0.5) is 0 Å². The topological polar surface area (TPSA) is 0 Å². The van der Waals surface area contributed by atoms with Gasteiger partial charge in [-0.1, -0.05) is 72.6 Å². The molecule has 0 aromatic carbocycles. The van der Waals surface area contributed by atoms with Crippen LogP contribution in [0.5, 0.6) is 0 Å². The van der Waals surface area contributed by atoms with Crippen LogP contribution >= 0.6 is 0 Å². The first kappa shape index (κ1) is 14.0. The van der Waals surface area contributed by atoms with Crippen molar-refractivity contribution >= 4 is 0 Å². The van der Waals surface area contributed by atoms with Crippen molar-refractivity contribution in [3.8, 4) is 0 Å². The van der Waals surface area contributed by atoms with E-state index in [1.165, 1.54) is 57.8 Å². The molecule has 0 spiro atoms. The van der Waals surface area contributed by atoms with Crippen molar-refractivity contribution in [2.45, 2.75) is 85.5 Å². The third-order valence-corrected chi connectivity index (χ3v) is 3.84. The van der Waals surface area contributed by atoms with E-state index in [0.717, 1.165) is 0 Å². The summed E-state index contributed by atoms with van der Waals surface area (Å²) in [7, 11) is 0. The highest BCUT2D eigenvalue weighted by molar-refractivity contribution is 4.75. The molecule has 0 aliphatic carbocycles. The Balaban J connectivity index is 3.82. The minimum Gasteiger partial charge on any atom is -0.0654 e. The molecule has 0 fully saturated rings. The molecule has 0 atom stereocenters. The molecule has 14 heavy (non-hydrogen) atoms. The van der Waals surface area contributed by atoms with Crippen molar-refractivity contribution in [2.75, 3.05) is 0 Å². The summed E-state index contributed by atoms with van der Waals surface area (Å²) in [5, 5.41) is 0. The summed E-state index contributed by atoms with van der Waals surface area (Å²) in [6, 6.07) is 0. The van der Waals surface area contributed by atoms with Gasteiger partial charge in [0.15, 0.2) is 0 Å². The third-order valence-electron chi connectivity index (χ3n) is 3.84. The second-order valence-corrected chi connectivity index (χ2v) is 4.77. The zero-order valence-electron chi connectivity index (χ0n) is 10.9. The molecule has 0 heteroatoms. The van der Waals surface area contributed by atoms with E-state index in [-0.39, 0.29) is 0 Å². The van der Waals surface area contributed by atoms with Gasteiger partial charge in [-0.3, -0.25) is 0 Å². The number of rotatable bonds is 9. The Hall–Kier alpha value is 0. The molecule has 0 amide bonds. The summed E-state index contributed by atoms with van der Waals surface area (Å²) in [5.41, 5.74) is 0.683. The van der Waals surface area contributed by atoms with Crippen LogP contribution in [0.1, 0.15) is 85.5 Å². The van der Waals surface area contributed by atoms with Gasteiger partial charge in [0.05, 0.1) is 0 Å². The molecule has 0 rings (SSSR count). The second-order valence-electron chi connectivity index (χ2n) is 4.77. The van der Waals surface area contributed by atoms with E-state index in [9.17, 15) is 0 Å². The molecular formula is C14H30. The van der Waals surface area contributed by atoms with Crippen LogP contribution in [0.2, 0.25) is 0 Å². The lowest BCUT2D eigenvalue weighted by atomic mass is 9.74. The van der Waals surface area contributed by atoms with Crippen LogP contribution in [0.3, 0.4) is 0 Å². The van der Waals surface area contributed by atoms with E-state index in [2.05, 4.69) is 27.7 Å². The van der Waals surface area contributed by atoms with E-state index < -0.39 is 0 Å². The van der Waals surface area contributed by atoms with Crippen LogP contribution < -0.4 is 0 Å². The molecule has 0 aliphatic rings. The molecule has 0 aromatic heterocycles. The fourth-order valence-corrected chi connectivity index (χ4v) is 2.54. The summed E-state index contributed by atoms with van der Waals surface area (Å²) in [6.45, 7) is 9.36. The number of unbranched alkanes of at least 4 members (excludes halogenated alkanes) is 3. The predicted octanol–water partition coefficient (Wildman–Crippen LogP) is 5.56. The summed E-state index contributed by atoms with van der Waals surface area (Å²) >= 11 is 0. The van der Waals surface area contributed by atoms with Crippen LogP contribution in [0, 0.1) is 5.41 Å². The van der Waals surface area contributed by atoms with Crippen molar-refractivity contribution in [2.24, 2.45) is 5.41 Å². The Labute approximate surface area is 91.5 Å². The number of hydrogen-bond donors (Lipinski definition) is 0. The van der Waals surface area contributed by atoms with E-state index in [4.69, 9.17) is 0 Å². The van der Waals surface area contributed by atoms with E-state index in [1.807, 2.05) is 0 Å². The maximum atomic E-state index is 2.37. The minimum atomic E-state index is 0.683. The van der Waals surface area contributed by atoms with Crippen molar-refractivity contribution in [1.82, 2.24) is 0 Å². The van der Waals surface area contributed by atoms with Crippen LogP contribution in [0.25, 0.3) is 0 Å². The SMILES string of the molecule is CCCCCCC(CC)(CC)CCC. The predicted molar refractivity (Wildman–Crippen MR) is 66.7 cm³/mol. The normalized spacial score (nSPS) is 12.0. The van der Waals surface area contributed by atoms with E-state index in [1.54, 1.807) is 0 Å². The van der Waals surface area contributed by atoms with Gasteiger partial charge in [0.2, 0.25) is 0 Å². The Kier molecular flexibility index (Phi) is 8.32. The average Bonchev–Trinajstić information content (AvgIpc) is 2.23. The minimum absolute atomic E-state index is 0.683. The molecule has 0 heterocycles. The fraction of sp³-hybridized carbons (Fsp3) is 1.00. The van der Waals surface area contributed by atoms with Gasteiger partial charge in [-0.2, -0.15) is 0 Å². The molecular weight excluding hydrogens is 168 g/mol. The van der Waals surface area contributed by atoms with E-state index >= 15 is 0 Å². The second kappa shape index (κ2) is 8.32. The third kappa shape index (κ3) is 5.02. The smallest absolute Gasteiger partial charge is 0.0303 e. The summed E-state index contributed by atoms with van der Waals surface area (Å²) < 4.78 is 0. The van der Waals surface area contributed by atoms with Gasteiger partial charge in [-0.05, 0) is 18.3 Å². The van der Waals surface area contributed by atoms with Crippen molar-refractivity contribution in [3.05, 3.63) is 0 Å². The highest BCUT2D eigenvalue weighted by Gasteiger charge is 2.23. The lowest BCUT2D eigenvalue weighted by Crippen LogP contribution is -2.18. The lowest BCUT2D eigenvalue weighted by molar-refractivity contribution is 0.208. The molecule has 0 nitrogen and oxygen atoms in total. The van der Waals surface area contributed by atoms with Crippen molar-refractivity contribution < 1.29 is 0 Å². The zero-order valence-corrected chi connectivity index (χ0v) is 10.9. The Morgan fingerprint density at radius 3 is 1.71 bits per heavy atom. The van der Waals surface area contributed by atoms with Crippen molar-refractivity contribution in [1.29, 1.82) is 0 Å². The van der Waals surface area contributed by atoms with Crippen molar-refractivity contribution in [3.63, 3.8) is 0 Å². The molecule has 0 saturated heterocycles. The molecule has 0 N–H and O–H groups in total. The standard InChI is InChI=1S/C14H30/c1-5-9-10-11-13-14(7-3,8-4)12-6-2/h5-13H2,1-4H3. The fourth-order valence-electron chi connectivity index (χ4n) is 2.54.